The van der Waals surface area contributed by atoms with E-state index in [0.29, 0.717) is 6.04 Å². The molecule has 0 rings (SSSR count). The van der Waals surface area contributed by atoms with Crippen molar-refractivity contribution in [2.24, 2.45) is 11.8 Å². The number of rotatable bonds is 11. The predicted octanol–water partition coefficient (Wildman–Crippen LogP) is 3.85. The minimum atomic E-state index is 0.656. The van der Waals surface area contributed by atoms with Gasteiger partial charge in [0.05, 0.1) is 0 Å². The van der Waals surface area contributed by atoms with Crippen LogP contribution in [0.4, 0.5) is 0 Å². The van der Waals surface area contributed by atoms with E-state index in [4.69, 9.17) is 4.74 Å². The highest BCUT2D eigenvalue weighted by molar-refractivity contribution is 4.70. The summed E-state index contributed by atoms with van der Waals surface area (Å²) in [5, 5.41) is 3.62. The molecule has 0 aliphatic heterocycles. The highest BCUT2D eigenvalue weighted by Gasteiger charge is 2.11. The zero-order valence-corrected chi connectivity index (χ0v) is 12.6. The van der Waals surface area contributed by atoms with Crippen LogP contribution in [0.15, 0.2) is 0 Å². The molecule has 1 unspecified atom stereocenters. The van der Waals surface area contributed by atoms with Crippen LogP contribution >= 0.6 is 0 Å². The molecule has 0 saturated heterocycles. The lowest BCUT2D eigenvalue weighted by Crippen LogP contribution is -2.34. The van der Waals surface area contributed by atoms with Gasteiger partial charge in [0, 0.05) is 19.3 Å². The summed E-state index contributed by atoms with van der Waals surface area (Å²) >= 11 is 0. The highest BCUT2D eigenvalue weighted by Crippen LogP contribution is 2.09. The molecule has 0 radical (unpaired) electrons. The second-order valence-corrected chi connectivity index (χ2v) is 5.74. The molecule has 1 atom stereocenters. The molecule has 104 valence electrons. The summed E-state index contributed by atoms with van der Waals surface area (Å²) in [4.78, 5) is 0. The average Bonchev–Trinajstić information content (AvgIpc) is 2.26. The summed E-state index contributed by atoms with van der Waals surface area (Å²) in [5.74, 6) is 1.47. The van der Waals surface area contributed by atoms with Crippen LogP contribution in [0.5, 0.6) is 0 Å². The largest absolute Gasteiger partial charge is 0.381 e. The Bertz CT molecular complexity index is 157. The summed E-state index contributed by atoms with van der Waals surface area (Å²) in [5.41, 5.74) is 0. The van der Waals surface area contributed by atoms with Crippen molar-refractivity contribution in [1.29, 1.82) is 0 Å². The lowest BCUT2D eigenvalue weighted by molar-refractivity contribution is 0.116. The molecule has 0 fully saturated rings. The molecule has 2 nitrogen and oxygen atoms in total. The topological polar surface area (TPSA) is 21.3 Å². The molecular formula is C15H33NO. The fourth-order valence-corrected chi connectivity index (χ4v) is 1.83. The van der Waals surface area contributed by atoms with Gasteiger partial charge in [0.25, 0.3) is 0 Å². The Hall–Kier alpha value is -0.0800. The standard InChI is InChI=1S/C15H33NO/c1-6-10-16-15(14(4)5)8-7-11-17-12-9-13(2)3/h13-16H,6-12H2,1-5H3. The summed E-state index contributed by atoms with van der Waals surface area (Å²) < 4.78 is 5.65. The first-order valence-corrected chi connectivity index (χ1v) is 7.39. The summed E-state index contributed by atoms with van der Waals surface area (Å²) in [7, 11) is 0. The average molecular weight is 243 g/mol. The Morgan fingerprint density at radius 1 is 1.00 bits per heavy atom. The second kappa shape index (κ2) is 11.0. The normalized spacial score (nSPS) is 13.6. The van der Waals surface area contributed by atoms with Gasteiger partial charge in [0.2, 0.25) is 0 Å². The zero-order valence-electron chi connectivity index (χ0n) is 12.6. The molecular weight excluding hydrogens is 210 g/mol. The lowest BCUT2D eigenvalue weighted by Gasteiger charge is -2.22. The van der Waals surface area contributed by atoms with E-state index in [1.807, 2.05) is 0 Å². The van der Waals surface area contributed by atoms with Crippen molar-refractivity contribution in [2.45, 2.75) is 66.3 Å². The van der Waals surface area contributed by atoms with E-state index >= 15 is 0 Å². The molecule has 2 heteroatoms. The Labute approximate surface area is 109 Å². The molecule has 0 amide bonds. The van der Waals surface area contributed by atoms with Gasteiger partial charge in [0.1, 0.15) is 0 Å². The molecule has 0 aliphatic rings. The minimum Gasteiger partial charge on any atom is -0.381 e. The van der Waals surface area contributed by atoms with Crippen molar-refractivity contribution in [3.05, 3.63) is 0 Å². The maximum Gasteiger partial charge on any atom is 0.0468 e. The van der Waals surface area contributed by atoms with E-state index in [9.17, 15) is 0 Å². The highest BCUT2D eigenvalue weighted by atomic mass is 16.5. The van der Waals surface area contributed by atoms with Gasteiger partial charge >= 0.3 is 0 Å². The number of ether oxygens (including phenoxy) is 1. The summed E-state index contributed by atoms with van der Waals surface area (Å²) in [6, 6.07) is 0.656. The third-order valence-electron chi connectivity index (χ3n) is 3.10. The first-order chi connectivity index (χ1) is 8.07. The van der Waals surface area contributed by atoms with Gasteiger partial charge in [-0.15, -0.1) is 0 Å². The number of hydrogen-bond acceptors (Lipinski definition) is 2. The fourth-order valence-electron chi connectivity index (χ4n) is 1.83. The lowest BCUT2D eigenvalue weighted by atomic mass is 9.99. The van der Waals surface area contributed by atoms with Crippen LogP contribution in [-0.2, 0) is 4.74 Å². The van der Waals surface area contributed by atoms with E-state index in [-0.39, 0.29) is 0 Å². The third-order valence-corrected chi connectivity index (χ3v) is 3.10. The maximum absolute atomic E-state index is 5.65. The molecule has 0 bridgehead atoms. The van der Waals surface area contributed by atoms with Crippen molar-refractivity contribution in [2.75, 3.05) is 19.8 Å². The minimum absolute atomic E-state index is 0.656. The van der Waals surface area contributed by atoms with Crippen LogP contribution in [-0.4, -0.2) is 25.8 Å². The summed E-state index contributed by atoms with van der Waals surface area (Å²) in [6.45, 7) is 14.3. The fraction of sp³-hybridized carbons (Fsp3) is 1.00. The van der Waals surface area contributed by atoms with Crippen molar-refractivity contribution < 1.29 is 4.74 Å². The Balaban J connectivity index is 3.47. The van der Waals surface area contributed by atoms with Gasteiger partial charge in [-0.2, -0.15) is 0 Å². The molecule has 0 aromatic rings. The van der Waals surface area contributed by atoms with E-state index in [1.54, 1.807) is 0 Å². The number of nitrogens with one attached hydrogen (secondary N) is 1. The Kier molecular flexibility index (Phi) is 11.0. The molecule has 0 aromatic carbocycles. The van der Waals surface area contributed by atoms with Crippen LogP contribution < -0.4 is 5.32 Å². The molecule has 0 saturated carbocycles. The van der Waals surface area contributed by atoms with Crippen molar-refractivity contribution >= 4 is 0 Å². The molecule has 0 aromatic heterocycles. The van der Waals surface area contributed by atoms with Gasteiger partial charge in [-0.05, 0) is 44.1 Å². The van der Waals surface area contributed by atoms with Gasteiger partial charge < -0.3 is 10.1 Å². The van der Waals surface area contributed by atoms with E-state index < -0.39 is 0 Å². The third kappa shape index (κ3) is 10.8. The Morgan fingerprint density at radius 2 is 1.71 bits per heavy atom. The van der Waals surface area contributed by atoms with E-state index in [1.165, 1.54) is 25.7 Å². The molecule has 17 heavy (non-hydrogen) atoms. The van der Waals surface area contributed by atoms with E-state index in [2.05, 4.69) is 39.9 Å². The van der Waals surface area contributed by atoms with Crippen LogP contribution in [0.2, 0.25) is 0 Å². The second-order valence-electron chi connectivity index (χ2n) is 5.74. The van der Waals surface area contributed by atoms with Gasteiger partial charge in [0.15, 0.2) is 0 Å². The van der Waals surface area contributed by atoms with Crippen LogP contribution in [0.1, 0.15) is 60.3 Å². The SMILES string of the molecule is CCCNC(CCCOCCC(C)C)C(C)C. The summed E-state index contributed by atoms with van der Waals surface area (Å²) in [6.07, 6.45) is 4.81. The predicted molar refractivity (Wildman–Crippen MR) is 76.4 cm³/mol. The maximum atomic E-state index is 5.65. The first-order valence-electron chi connectivity index (χ1n) is 7.39. The van der Waals surface area contributed by atoms with Crippen LogP contribution in [0.25, 0.3) is 0 Å². The van der Waals surface area contributed by atoms with Gasteiger partial charge in [-0.25, -0.2) is 0 Å². The molecule has 0 spiro atoms. The first kappa shape index (κ1) is 16.9. The molecule has 0 aliphatic carbocycles. The quantitative estimate of drug-likeness (QED) is 0.556. The zero-order chi connectivity index (χ0) is 13.1. The molecule has 1 N–H and O–H groups in total. The van der Waals surface area contributed by atoms with Crippen molar-refractivity contribution in [3.63, 3.8) is 0 Å². The Morgan fingerprint density at radius 3 is 2.24 bits per heavy atom. The molecule has 0 heterocycles. The van der Waals surface area contributed by atoms with Crippen molar-refractivity contribution in [3.8, 4) is 0 Å². The van der Waals surface area contributed by atoms with Crippen LogP contribution in [0, 0.1) is 11.8 Å². The van der Waals surface area contributed by atoms with Crippen molar-refractivity contribution in [1.82, 2.24) is 5.32 Å². The van der Waals surface area contributed by atoms with E-state index in [0.717, 1.165) is 31.6 Å². The smallest absolute Gasteiger partial charge is 0.0468 e. The number of hydrogen-bond donors (Lipinski definition) is 1. The van der Waals surface area contributed by atoms with Crippen LogP contribution in [0.3, 0.4) is 0 Å². The monoisotopic (exact) mass is 243 g/mol. The van der Waals surface area contributed by atoms with Gasteiger partial charge in [-0.1, -0.05) is 34.6 Å². The van der Waals surface area contributed by atoms with Gasteiger partial charge in [-0.3, -0.25) is 0 Å².